The first-order valence-electron chi connectivity index (χ1n) is 5.91. The molecule has 0 fully saturated rings. The Kier molecular flexibility index (Phi) is 6.36. The van der Waals surface area contributed by atoms with Crippen LogP contribution in [0.25, 0.3) is 0 Å². The van der Waals surface area contributed by atoms with Gasteiger partial charge in [-0.2, -0.15) is 0 Å². The number of amides is 2. The molecule has 0 aliphatic carbocycles. The van der Waals surface area contributed by atoms with Crippen LogP contribution in [0.5, 0.6) is 0 Å². The van der Waals surface area contributed by atoms with Gasteiger partial charge < -0.3 is 15.3 Å². The van der Waals surface area contributed by atoms with Crippen LogP contribution in [0.15, 0.2) is 0 Å². The van der Waals surface area contributed by atoms with Gasteiger partial charge in [-0.1, -0.05) is 0 Å². The van der Waals surface area contributed by atoms with Gasteiger partial charge in [0.1, 0.15) is 0 Å². The Balaban J connectivity index is 4.41. The molecule has 6 heteroatoms. The molecule has 0 bridgehead atoms. The lowest BCUT2D eigenvalue weighted by molar-refractivity contribution is -0.140. The minimum atomic E-state index is -0.932. The molecule has 6 nitrogen and oxygen atoms in total. The standard InChI is InChI=1S/C12H22N2O4/c1-9(15)13-7-5-10(16)14(12(2,3)4)8-6-11(17)18/h5-8H2,1-4H3,(H,13,15)(H,17,18). The average Bonchev–Trinajstić information content (AvgIpc) is 2.14. The first kappa shape index (κ1) is 16.4. The molecular formula is C12H22N2O4. The summed E-state index contributed by atoms with van der Waals surface area (Å²) in [5.74, 6) is -1.27. The van der Waals surface area contributed by atoms with Gasteiger partial charge in [0.25, 0.3) is 0 Å². The fraction of sp³-hybridized carbons (Fsp3) is 0.750. The molecule has 0 aromatic carbocycles. The molecule has 0 spiro atoms. The highest BCUT2D eigenvalue weighted by Crippen LogP contribution is 2.15. The highest BCUT2D eigenvalue weighted by molar-refractivity contribution is 5.79. The first-order valence-corrected chi connectivity index (χ1v) is 5.91. The molecule has 2 amide bonds. The van der Waals surface area contributed by atoms with Crippen molar-refractivity contribution in [2.24, 2.45) is 0 Å². The predicted molar refractivity (Wildman–Crippen MR) is 67.0 cm³/mol. The zero-order valence-corrected chi connectivity index (χ0v) is 11.4. The van der Waals surface area contributed by atoms with E-state index in [0.717, 1.165) is 0 Å². The molecule has 0 aromatic heterocycles. The molecule has 0 aliphatic rings. The van der Waals surface area contributed by atoms with Gasteiger partial charge in [-0.25, -0.2) is 0 Å². The van der Waals surface area contributed by atoms with Gasteiger partial charge in [0, 0.05) is 32.0 Å². The van der Waals surface area contributed by atoms with Crippen LogP contribution in [0, 0.1) is 0 Å². The van der Waals surface area contributed by atoms with Gasteiger partial charge in [0.15, 0.2) is 0 Å². The zero-order valence-electron chi connectivity index (χ0n) is 11.4. The minimum Gasteiger partial charge on any atom is -0.481 e. The van der Waals surface area contributed by atoms with Crippen LogP contribution in [0.3, 0.4) is 0 Å². The van der Waals surface area contributed by atoms with Crippen molar-refractivity contribution >= 4 is 17.8 Å². The van der Waals surface area contributed by atoms with Crippen LogP contribution >= 0.6 is 0 Å². The monoisotopic (exact) mass is 258 g/mol. The summed E-state index contributed by atoms with van der Waals surface area (Å²) in [7, 11) is 0. The second-order valence-corrected chi connectivity index (χ2v) is 5.09. The lowest BCUT2D eigenvalue weighted by Gasteiger charge is -2.35. The SMILES string of the molecule is CC(=O)NCCC(=O)N(CCC(=O)O)C(C)(C)C. The molecule has 0 aliphatic heterocycles. The molecule has 0 radical (unpaired) electrons. The molecule has 0 heterocycles. The van der Waals surface area contributed by atoms with Gasteiger partial charge in [-0.05, 0) is 20.8 Å². The summed E-state index contributed by atoms with van der Waals surface area (Å²) < 4.78 is 0. The lowest BCUT2D eigenvalue weighted by Crippen LogP contribution is -2.47. The third-order valence-corrected chi connectivity index (χ3v) is 2.37. The van der Waals surface area contributed by atoms with Gasteiger partial charge in [-0.15, -0.1) is 0 Å². The van der Waals surface area contributed by atoms with Gasteiger partial charge >= 0.3 is 5.97 Å². The Labute approximate surface area is 107 Å². The summed E-state index contributed by atoms with van der Waals surface area (Å²) in [6.07, 6.45) is 0.0968. The summed E-state index contributed by atoms with van der Waals surface area (Å²) >= 11 is 0. The number of nitrogens with zero attached hydrogens (tertiary/aromatic N) is 1. The van der Waals surface area contributed by atoms with E-state index in [9.17, 15) is 14.4 Å². The van der Waals surface area contributed by atoms with E-state index >= 15 is 0 Å². The third-order valence-electron chi connectivity index (χ3n) is 2.37. The molecule has 104 valence electrons. The maximum absolute atomic E-state index is 12.0. The van der Waals surface area contributed by atoms with Crippen molar-refractivity contribution in [3.63, 3.8) is 0 Å². The van der Waals surface area contributed by atoms with Crippen LogP contribution < -0.4 is 5.32 Å². The van der Waals surface area contributed by atoms with Crippen molar-refractivity contribution in [2.75, 3.05) is 13.1 Å². The van der Waals surface area contributed by atoms with Crippen molar-refractivity contribution in [2.45, 2.75) is 46.1 Å². The number of carboxylic acids is 1. The summed E-state index contributed by atoms with van der Waals surface area (Å²) in [5.41, 5.74) is -0.428. The molecule has 0 rings (SSSR count). The lowest BCUT2D eigenvalue weighted by atomic mass is 10.0. The Hall–Kier alpha value is -1.59. The number of aliphatic carboxylic acids is 1. The average molecular weight is 258 g/mol. The van der Waals surface area contributed by atoms with E-state index in [1.807, 2.05) is 20.8 Å². The second-order valence-electron chi connectivity index (χ2n) is 5.09. The van der Waals surface area contributed by atoms with E-state index in [4.69, 9.17) is 5.11 Å². The predicted octanol–water partition coefficient (Wildman–Crippen LogP) is 0.614. The number of hydrogen-bond donors (Lipinski definition) is 2. The van der Waals surface area contributed by atoms with Crippen LogP contribution in [-0.2, 0) is 14.4 Å². The molecule has 0 atom stereocenters. The first-order chi connectivity index (χ1) is 8.14. The van der Waals surface area contributed by atoms with Crippen LogP contribution in [0.1, 0.15) is 40.5 Å². The van der Waals surface area contributed by atoms with Crippen LogP contribution in [0.2, 0.25) is 0 Å². The third kappa shape index (κ3) is 6.88. The number of nitrogens with one attached hydrogen (secondary N) is 1. The fourth-order valence-corrected chi connectivity index (χ4v) is 1.52. The topological polar surface area (TPSA) is 86.7 Å². The van der Waals surface area contributed by atoms with E-state index < -0.39 is 11.5 Å². The zero-order chi connectivity index (χ0) is 14.3. The van der Waals surface area contributed by atoms with Gasteiger partial charge in [-0.3, -0.25) is 14.4 Å². The largest absolute Gasteiger partial charge is 0.481 e. The molecular weight excluding hydrogens is 236 g/mol. The number of carbonyl (C=O) groups is 3. The Morgan fingerprint density at radius 3 is 2.11 bits per heavy atom. The van der Waals surface area contributed by atoms with E-state index in [1.54, 1.807) is 0 Å². The van der Waals surface area contributed by atoms with E-state index in [-0.39, 0.29) is 37.7 Å². The molecule has 0 saturated carbocycles. The van der Waals surface area contributed by atoms with Crippen LogP contribution in [0.4, 0.5) is 0 Å². The van der Waals surface area contributed by atoms with E-state index in [2.05, 4.69) is 5.32 Å². The summed E-state index contributed by atoms with van der Waals surface area (Å²) in [4.78, 5) is 34.8. The molecule has 0 saturated heterocycles. The summed E-state index contributed by atoms with van der Waals surface area (Å²) in [5, 5.41) is 11.2. The maximum atomic E-state index is 12.0. The highest BCUT2D eigenvalue weighted by Gasteiger charge is 2.26. The van der Waals surface area contributed by atoms with Crippen molar-refractivity contribution in [3.8, 4) is 0 Å². The van der Waals surface area contributed by atoms with Crippen molar-refractivity contribution in [1.29, 1.82) is 0 Å². The van der Waals surface area contributed by atoms with Crippen LogP contribution in [-0.4, -0.2) is 46.4 Å². The van der Waals surface area contributed by atoms with Crippen molar-refractivity contribution in [3.05, 3.63) is 0 Å². The number of rotatable bonds is 6. The van der Waals surface area contributed by atoms with Gasteiger partial charge in [0.2, 0.25) is 11.8 Å². The second kappa shape index (κ2) is 6.98. The molecule has 2 N–H and O–H groups in total. The Bertz CT molecular complexity index is 321. The summed E-state index contributed by atoms with van der Waals surface area (Å²) in [6.45, 7) is 7.39. The minimum absolute atomic E-state index is 0.0802. The quantitative estimate of drug-likeness (QED) is 0.731. The van der Waals surface area contributed by atoms with E-state index in [1.165, 1.54) is 11.8 Å². The fourth-order valence-electron chi connectivity index (χ4n) is 1.52. The highest BCUT2D eigenvalue weighted by atomic mass is 16.4. The molecule has 18 heavy (non-hydrogen) atoms. The van der Waals surface area contributed by atoms with E-state index in [0.29, 0.717) is 0 Å². The number of carbonyl (C=O) groups excluding carboxylic acids is 2. The molecule has 0 aromatic rings. The summed E-state index contributed by atoms with van der Waals surface area (Å²) in [6, 6.07) is 0. The Morgan fingerprint density at radius 1 is 1.17 bits per heavy atom. The van der Waals surface area contributed by atoms with Crippen molar-refractivity contribution in [1.82, 2.24) is 10.2 Å². The number of carboxylic acid groups (broad SMARTS) is 1. The van der Waals surface area contributed by atoms with Crippen molar-refractivity contribution < 1.29 is 19.5 Å². The Morgan fingerprint density at radius 2 is 1.72 bits per heavy atom. The maximum Gasteiger partial charge on any atom is 0.305 e. The smallest absolute Gasteiger partial charge is 0.305 e. The number of hydrogen-bond acceptors (Lipinski definition) is 3. The molecule has 0 unspecified atom stereocenters. The normalized spacial score (nSPS) is 10.9. The van der Waals surface area contributed by atoms with Gasteiger partial charge in [0.05, 0.1) is 6.42 Å².